The highest BCUT2D eigenvalue weighted by Crippen LogP contribution is 2.19. The molecule has 5 heteroatoms. The van der Waals surface area contributed by atoms with Crippen molar-refractivity contribution in [3.05, 3.63) is 54.1 Å². The highest BCUT2D eigenvalue weighted by atomic mass is 16.5. The van der Waals surface area contributed by atoms with Crippen LogP contribution in [0.1, 0.15) is 12.0 Å². The molecule has 22 heavy (non-hydrogen) atoms. The number of aryl methyl sites for hydroxylation is 1. The molecular formula is C17H21N3O2. The number of benzene rings is 2. The molecule has 0 aliphatic rings. The Morgan fingerprint density at radius 2 is 1.95 bits per heavy atom. The van der Waals surface area contributed by atoms with Crippen molar-refractivity contribution < 1.29 is 9.53 Å². The zero-order valence-corrected chi connectivity index (χ0v) is 12.6. The predicted molar refractivity (Wildman–Crippen MR) is 89.2 cm³/mol. The van der Waals surface area contributed by atoms with Gasteiger partial charge in [0.25, 0.3) is 0 Å². The summed E-state index contributed by atoms with van der Waals surface area (Å²) in [6.45, 7) is 3.03. The molecule has 4 N–H and O–H groups in total. The van der Waals surface area contributed by atoms with Crippen LogP contribution in [0.4, 0.5) is 16.2 Å². The maximum Gasteiger partial charge on any atom is 0.319 e. The number of carbonyl (C=O) groups excluding carboxylic acids is 1. The van der Waals surface area contributed by atoms with Crippen LogP contribution in [0, 0.1) is 6.92 Å². The lowest BCUT2D eigenvalue weighted by atomic mass is 10.2. The lowest BCUT2D eigenvalue weighted by molar-refractivity contribution is 0.250. The Morgan fingerprint density at radius 1 is 1.18 bits per heavy atom. The Bertz CT molecular complexity index is 615. The third-order valence-electron chi connectivity index (χ3n) is 3.08. The number of hydrogen-bond acceptors (Lipinski definition) is 3. The molecule has 0 heterocycles. The van der Waals surface area contributed by atoms with Gasteiger partial charge >= 0.3 is 6.03 Å². The van der Waals surface area contributed by atoms with Crippen LogP contribution >= 0.6 is 0 Å². The largest absolute Gasteiger partial charge is 0.494 e. The molecule has 0 radical (unpaired) electrons. The van der Waals surface area contributed by atoms with Crippen LogP contribution < -0.4 is 21.1 Å². The van der Waals surface area contributed by atoms with Crippen LogP contribution in [0.2, 0.25) is 0 Å². The molecule has 2 amide bonds. The second-order valence-electron chi connectivity index (χ2n) is 4.99. The van der Waals surface area contributed by atoms with Gasteiger partial charge in [-0.1, -0.05) is 24.3 Å². The summed E-state index contributed by atoms with van der Waals surface area (Å²) in [5, 5.41) is 5.52. The summed E-state index contributed by atoms with van der Waals surface area (Å²) in [4.78, 5) is 11.8. The topological polar surface area (TPSA) is 76.4 Å². The van der Waals surface area contributed by atoms with E-state index in [4.69, 9.17) is 10.5 Å². The Morgan fingerprint density at radius 3 is 2.73 bits per heavy atom. The van der Waals surface area contributed by atoms with E-state index >= 15 is 0 Å². The van der Waals surface area contributed by atoms with Gasteiger partial charge < -0.3 is 21.1 Å². The van der Waals surface area contributed by atoms with E-state index in [0.717, 1.165) is 17.7 Å². The molecule has 5 nitrogen and oxygen atoms in total. The summed E-state index contributed by atoms with van der Waals surface area (Å²) in [7, 11) is 0. The maximum absolute atomic E-state index is 11.8. The van der Waals surface area contributed by atoms with Crippen molar-refractivity contribution in [2.45, 2.75) is 13.3 Å². The maximum atomic E-state index is 11.8. The number of amides is 2. The van der Waals surface area contributed by atoms with Gasteiger partial charge in [-0.15, -0.1) is 0 Å². The van der Waals surface area contributed by atoms with Crippen LogP contribution in [0.15, 0.2) is 48.5 Å². The smallest absolute Gasteiger partial charge is 0.319 e. The van der Waals surface area contributed by atoms with Crippen LogP contribution in [-0.4, -0.2) is 19.2 Å². The Labute approximate surface area is 130 Å². The molecule has 0 fully saturated rings. The number of para-hydroxylation sites is 1. The first kappa shape index (κ1) is 15.7. The minimum Gasteiger partial charge on any atom is -0.494 e. The SMILES string of the molecule is Cc1ccc(N)c(NC(=O)NCCCOc2ccccc2)c1. The van der Waals surface area contributed by atoms with E-state index in [1.54, 1.807) is 6.07 Å². The Hall–Kier alpha value is -2.69. The number of carbonyl (C=O) groups is 1. The van der Waals surface area contributed by atoms with Crippen molar-refractivity contribution in [3.8, 4) is 5.75 Å². The Kier molecular flexibility index (Phi) is 5.65. The first-order valence-corrected chi connectivity index (χ1v) is 7.24. The van der Waals surface area contributed by atoms with Crippen LogP contribution in [0.25, 0.3) is 0 Å². The minimum atomic E-state index is -0.267. The molecule has 2 rings (SSSR count). The molecule has 2 aromatic rings. The zero-order chi connectivity index (χ0) is 15.8. The summed E-state index contributed by atoms with van der Waals surface area (Å²) in [5.41, 5.74) is 8.03. The number of ether oxygens (including phenoxy) is 1. The molecule has 0 unspecified atom stereocenters. The van der Waals surface area contributed by atoms with E-state index in [2.05, 4.69) is 10.6 Å². The highest BCUT2D eigenvalue weighted by Gasteiger charge is 2.04. The normalized spacial score (nSPS) is 10.0. The van der Waals surface area contributed by atoms with Gasteiger partial charge in [0.1, 0.15) is 5.75 Å². The van der Waals surface area contributed by atoms with Crippen molar-refractivity contribution in [1.29, 1.82) is 0 Å². The number of anilines is 2. The number of hydrogen-bond donors (Lipinski definition) is 3. The van der Waals surface area contributed by atoms with Crippen LogP contribution in [0.5, 0.6) is 5.75 Å². The molecule has 116 valence electrons. The van der Waals surface area contributed by atoms with Crippen molar-refractivity contribution in [1.82, 2.24) is 5.32 Å². The fourth-order valence-corrected chi connectivity index (χ4v) is 1.93. The van der Waals surface area contributed by atoms with Gasteiger partial charge in [-0.25, -0.2) is 4.79 Å². The zero-order valence-electron chi connectivity index (χ0n) is 12.6. The summed E-state index contributed by atoms with van der Waals surface area (Å²) in [6, 6.07) is 14.8. The minimum absolute atomic E-state index is 0.267. The molecule has 0 aliphatic heterocycles. The number of rotatable bonds is 6. The second kappa shape index (κ2) is 7.93. The molecule has 0 atom stereocenters. The third kappa shape index (κ3) is 5.01. The van der Waals surface area contributed by atoms with E-state index < -0.39 is 0 Å². The van der Waals surface area contributed by atoms with Crippen molar-refractivity contribution in [2.24, 2.45) is 0 Å². The fourth-order valence-electron chi connectivity index (χ4n) is 1.93. The first-order valence-electron chi connectivity index (χ1n) is 7.24. The van der Waals surface area contributed by atoms with E-state index in [-0.39, 0.29) is 6.03 Å². The average Bonchev–Trinajstić information content (AvgIpc) is 2.51. The third-order valence-corrected chi connectivity index (χ3v) is 3.08. The summed E-state index contributed by atoms with van der Waals surface area (Å²) < 4.78 is 5.55. The number of nitrogen functional groups attached to an aromatic ring is 1. The highest BCUT2D eigenvalue weighted by molar-refractivity contribution is 5.92. The summed E-state index contributed by atoms with van der Waals surface area (Å²) >= 11 is 0. The van der Waals surface area contributed by atoms with Crippen LogP contribution in [0.3, 0.4) is 0 Å². The Balaban J connectivity index is 1.66. The number of nitrogens with two attached hydrogens (primary N) is 1. The molecule has 0 aliphatic carbocycles. The summed E-state index contributed by atoms with van der Waals surface area (Å²) in [5.74, 6) is 0.833. The van der Waals surface area contributed by atoms with Crippen LogP contribution in [-0.2, 0) is 0 Å². The molecule has 0 saturated carbocycles. The lowest BCUT2D eigenvalue weighted by Crippen LogP contribution is -2.30. The van der Waals surface area contributed by atoms with E-state index in [1.165, 1.54) is 0 Å². The van der Waals surface area contributed by atoms with Gasteiger partial charge in [0.05, 0.1) is 18.0 Å². The van der Waals surface area contributed by atoms with Gasteiger partial charge in [0.2, 0.25) is 0 Å². The van der Waals surface area contributed by atoms with E-state index in [9.17, 15) is 4.79 Å². The van der Waals surface area contributed by atoms with Gasteiger partial charge in [-0.05, 0) is 43.2 Å². The summed E-state index contributed by atoms with van der Waals surface area (Å²) in [6.07, 6.45) is 0.728. The molecule has 0 aromatic heterocycles. The lowest BCUT2D eigenvalue weighted by Gasteiger charge is -2.11. The van der Waals surface area contributed by atoms with Crippen molar-refractivity contribution >= 4 is 17.4 Å². The molecule has 0 spiro atoms. The number of nitrogens with one attached hydrogen (secondary N) is 2. The van der Waals surface area contributed by atoms with E-state index in [0.29, 0.717) is 24.5 Å². The average molecular weight is 299 g/mol. The first-order chi connectivity index (χ1) is 10.6. The molecule has 0 bridgehead atoms. The van der Waals surface area contributed by atoms with Crippen molar-refractivity contribution in [3.63, 3.8) is 0 Å². The van der Waals surface area contributed by atoms with Gasteiger partial charge in [0, 0.05) is 6.54 Å². The standard InChI is InChI=1S/C17H21N3O2/c1-13-8-9-15(18)16(12-13)20-17(21)19-10-5-11-22-14-6-3-2-4-7-14/h2-4,6-9,12H,5,10-11,18H2,1H3,(H2,19,20,21). The predicted octanol–water partition coefficient (Wildman–Crippen LogP) is 3.17. The molecular weight excluding hydrogens is 278 g/mol. The fraction of sp³-hybridized carbons (Fsp3) is 0.235. The molecule has 2 aromatic carbocycles. The van der Waals surface area contributed by atoms with Crippen molar-refractivity contribution in [2.75, 3.05) is 24.2 Å². The monoisotopic (exact) mass is 299 g/mol. The second-order valence-corrected chi connectivity index (χ2v) is 4.99. The quantitative estimate of drug-likeness (QED) is 0.566. The van der Waals surface area contributed by atoms with Gasteiger partial charge in [-0.2, -0.15) is 0 Å². The molecule has 0 saturated heterocycles. The van der Waals surface area contributed by atoms with E-state index in [1.807, 2.05) is 49.4 Å². The van der Waals surface area contributed by atoms with Gasteiger partial charge in [-0.3, -0.25) is 0 Å². The number of urea groups is 1. The van der Waals surface area contributed by atoms with Gasteiger partial charge in [0.15, 0.2) is 0 Å².